The van der Waals surface area contributed by atoms with Crippen LogP contribution in [0.15, 0.2) is 0 Å². The van der Waals surface area contributed by atoms with Gasteiger partial charge in [-0.25, -0.2) is 0 Å². The summed E-state index contributed by atoms with van der Waals surface area (Å²) in [6.45, 7) is 14.9. The molecule has 1 fully saturated rings. The SMILES string of the molecule is CCOC(=O)C(C)N1CCN(C(C)(C)C)CC1. The number of ether oxygens (including phenoxy) is 1. The molecule has 1 aliphatic heterocycles. The number of hydrogen-bond donors (Lipinski definition) is 0. The number of rotatable bonds is 3. The summed E-state index contributed by atoms with van der Waals surface area (Å²) in [5.74, 6) is -0.100. The molecule has 0 radical (unpaired) electrons. The molecule has 17 heavy (non-hydrogen) atoms. The van der Waals surface area contributed by atoms with Crippen molar-refractivity contribution in [2.45, 2.75) is 46.2 Å². The van der Waals surface area contributed by atoms with Gasteiger partial charge in [0.05, 0.1) is 6.61 Å². The van der Waals surface area contributed by atoms with E-state index >= 15 is 0 Å². The first-order valence-electron chi connectivity index (χ1n) is 6.52. The van der Waals surface area contributed by atoms with Gasteiger partial charge >= 0.3 is 5.97 Å². The quantitative estimate of drug-likeness (QED) is 0.700. The van der Waals surface area contributed by atoms with Crippen LogP contribution in [0.25, 0.3) is 0 Å². The van der Waals surface area contributed by atoms with Gasteiger partial charge in [0, 0.05) is 31.7 Å². The van der Waals surface area contributed by atoms with Crippen LogP contribution in [0, 0.1) is 0 Å². The van der Waals surface area contributed by atoms with Crippen molar-refractivity contribution in [3.8, 4) is 0 Å². The summed E-state index contributed by atoms with van der Waals surface area (Å²) in [6, 6.07) is -0.114. The average molecular weight is 242 g/mol. The van der Waals surface area contributed by atoms with E-state index in [4.69, 9.17) is 4.74 Å². The second-order valence-corrected chi connectivity index (χ2v) is 5.62. The molecule has 0 N–H and O–H groups in total. The van der Waals surface area contributed by atoms with E-state index in [1.165, 1.54) is 0 Å². The highest BCUT2D eigenvalue weighted by atomic mass is 16.5. The van der Waals surface area contributed by atoms with Gasteiger partial charge in [-0.1, -0.05) is 0 Å². The number of carbonyl (C=O) groups excluding carboxylic acids is 1. The van der Waals surface area contributed by atoms with Gasteiger partial charge in [0.2, 0.25) is 0 Å². The third kappa shape index (κ3) is 3.96. The summed E-state index contributed by atoms with van der Waals surface area (Å²) in [5.41, 5.74) is 0.221. The Morgan fingerprint density at radius 3 is 2.18 bits per heavy atom. The van der Waals surface area contributed by atoms with E-state index in [0.717, 1.165) is 26.2 Å². The monoisotopic (exact) mass is 242 g/mol. The Morgan fingerprint density at radius 1 is 1.24 bits per heavy atom. The molecule has 4 heteroatoms. The predicted octanol–water partition coefficient (Wildman–Crippen LogP) is 1.35. The molecule has 1 heterocycles. The lowest BCUT2D eigenvalue weighted by Crippen LogP contribution is -2.56. The van der Waals surface area contributed by atoms with Crippen molar-refractivity contribution in [2.75, 3.05) is 32.8 Å². The third-order valence-electron chi connectivity index (χ3n) is 3.44. The maximum absolute atomic E-state index is 11.6. The van der Waals surface area contributed by atoms with Gasteiger partial charge < -0.3 is 4.74 Å². The highest BCUT2D eigenvalue weighted by Gasteiger charge is 2.30. The largest absolute Gasteiger partial charge is 0.465 e. The highest BCUT2D eigenvalue weighted by Crippen LogP contribution is 2.17. The first-order chi connectivity index (χ1) is 7.86. The molecule has 1 unspecified atom stereocenters. The molecule has 0 aliphatic carbocycles. The summed E-state index contributed by atoms with van der Waals surface area (Å²) >= 11 is 0. The highest BCUT2D eigenvalue weighted by molar-refractivity contribution is 5.75. The van der Waals surface area contributed by atoms with Crippen LogP contribution in [0.5, 0.6) is 0 Å². The van der Waals surface area contributed by atoms with E-state index < -0.39 is 0 Å². The Balaban J connectivity index is 2.44. The Labute approximate surface area is 105 Å². The second kappa shape index (κ2) is 5.83. The van der Waals surface area contributed by atoms with E-state index in [1.807, 2.05) is 13.8 Å². The number of hydrogen-bond acceptors (Lipinski definition) is 4. The standard InChI is InChI=1S/C13H26N2O2/c1-6-17-12(16)11(2)14-7-9-15(10-8-14)13(3,4)5/h11H,6-10H2,1-5H3. The zero-order valence-corrected chi connectivity index (χ0v) is 11.8. The van der Waals surface area contributed by atoms with Gasteiger partial charge in [0.1, 0.15) is 6.04 Å². The molecule has 1 saturated heterocycles. The third-order valence-corrected chi connectivity index (χ3v) is 3.44. The Morgan fingerprint density at radius 2 is 1.76 bits per heavy atom. The zero-order valence-electron chi connectivity index (χ0n) is 11.8. The van der Waals surface area contributed by atoms with E-state index in [0.29, 0.717) is 6.61 Å². The Bertz CT molecular complexity index is 253. The van der Waals surface area contributed by atoms with Crippen LogP contribution in [0.4, 0.5) is 0 Å². The minimum absolute atomic E-state index is 0.100. The summed E-state index contributed by atoms with van der Waals surface area (Å²) in [4.78, 5) is 16.3. The molecular formula is C13H26N2O2. The fourth-order valence-electron chi connectivity index (χ4n) is 2.19. The number of piperazine rings is 1. The maximum Gasteiger partial charge on any atom is 0.323 e. The topological polar surface area (TPSA) is 32.8 Å². The Hall–Kier alpha value is -0.610. The molecule has 1 atom stereocenters. The summed E-state index contributed by atoms with van der Waals surface area (Å²) in [6.07, 6.45) is 0. The minimum atomic E-state index is -0.114. The van der Waals surface area contributed by atoms with E-state index in [2.05, 4.69) is 30.6 Å². The van der Waals surface area contributed by atoms with Crippen molar-refractivity contribution in [3.63, 3.8) is 0 Å². The lowest BCUT2D eigenvalue weighted by Gasteiger charge is -2.43. The van der Waals surface area contributed by atoms with Crippen molar-refractivity contribution in [2.24, 2.45) is 0 Å². The minimum Gasteiger partial charge on any atom is -0.465 e. The molecule has 0 bridgehead atoms. The van der Waals surface area contributed by atoms with Crippen molar-refractivity contribution in [1.82, 2.24) is 9.80 Å². The van der Waals surface area contributed by atoms with E-state index in [1.54, 1.807) is 0 Å². The number of esters is 1. The van der Waals surface area contributed by atoms with Gasteiger partial charge in [0.15, 0.2) is 0 Å². The van der Waals surface area contributed by atoms with Crippen LogP contribution in [0.3, 0.4) is 0 Å². The summed E-state index contributed by atoms with van der Waals surface area (Å²) in [7, 11) is 0. The van der Waals surface area contributed by atoms with Crippen LogP contribution in [-0.4, -0.2) is 60.1 Å². The molecule has 1 rings (SSSR count). The molecule has 4 nitrogen and oxygen atoms in total. The van der Waals surface area contributed by atoms with Crippen LogP contribution in [0.1, 0.15) is 34.6 Å². The molecule has 1 aliphatic rings. The number of nitrogens with zero attached hydrogens (tertiary/aromatic N) is 2. The zero-order chi connectivity index (χ0) is 13.1. The van der Waals surface area contributed by atoms with E-state index in [-0.39, 0.29) is 17.6 Å². The second-order valence-electron chi connectivity index (χ2n) is 5.62. The van der Waals surface area contributed by atoms with Crippen LogP contribution in [-0.2, 0) is 9.53 Å². The Kier molecular flexibility index (Phi) is 4.95. The molecule has 0 aromatic heterocycles. The van der Waals surface area contributed by atoms with Gasteiger partial charge in [-0.15, -0.1) is 0 Å². The van der Waals surface area contributed by atoms with Crippen molar-refractivity contribution >= 4 is 5.97 Å². The first-order valence-corrected chi connectivity index (χ1v) is 6.52. The molecule has 0 saturated carbocycles. The maximum atomic E-state index is 11.6. The van der Waals surface area contributed by atoms with Gasteiger partial charge in [-0.3, -0.25) is 14.6 Å². The average Bonchev–Trinajstić information content (AvgIpc) is 2.27. The normalized spacial score (nSPS) is 21.2. The van der Waals surface area contributed by atoms with Crippen molar-refractivity contribution in [1.29, 1.82) is 0 Å². The summed E-state index contributed by atoms with van der Waals surface area (Å²) in [5, 5.41) is 0. The molecule has 0 spiro atoms. The molecule has 0 amide bonds. The molecular weight excluding hydrogens is 216 g/mol. The van der Waals surface area contributed by atoms with Gasteiger partial charge in [0.25, 0.3) is 0 Å². The van der Waals surface area contributed by atoms with Crippen LogP contribution < -0.4 is 0 Å². The first kappa shape index (κ1) is 14.5. The van der Waals surface area contributed by atoms with Crippen LogP contribution >= 0.6 is 0 Å². The smallest absolute Gasteiger partial charge is 0.323 e. The van der Waals surface area contributed by atoms with Crippen molar-refractivity contribution < 1.29 is 9.53 Å². The fraction of sp³-hybridized carbons (Fsp3) is 0.923. The lowest BCUT2D eigenvalue weighted by atomic mass is 10.0. The summed E-state index contributed by atoms with van der Waals surface area (Å²) < 4.78 is 5.06. The predicted molar refractivity (Wildman–Crippen MR) is 69.0 cm³/mol. The van der Waals surface area contributed by atoms with Crippen LogP contribution in [0.2, 0.25) is 0 Å². The van der Waals surface area contributed by atoms with E-state index in [9.17, 15) is 4.79 Å². The molecule has 0 aromatic carbocycles. The molecule has 100 valence electrons. The number of carbonyl (C=O) groups is 1. The lowest BCUT2D eigenvalue weighted by molar-refractivity contribution is -0.149. The van der Waals surface area contributed by atoms with Gasteiger partial charge in [-0.05, 0) is 34.6 Å². The fourth-order valence-corrected chi connectivity index (χ4v) is 2.19. The van der Waals surface area contributed by atoms with Gasteiger partial charge in [-0.2, -0.15) is 0 Å². The van der Waals surface area contributed by atoms with Crippen molar-refractivity contribution in [3.05, 3.63) is 0 Å². The molecule has 0 aromatic rings.